The van der Waals surface area contributed by atoms with Gasteiger partial charge in [0.15, 0.2) is 23.0 Å². The molecule has 4 rings (SSSR count). The van der Waals surface area contributed by atoms with E-state index in [2.05, 4.69) is 5.32 Å². The highest BCUT2D eigenvalue weighted by molar-refractivity contribution is 8.26. The van der Waals surface area contributed by atoms with E-state index in [0.717, 1.165) is 23.0 Å². The van der Waals surface area contributed by atoms with E-state index in [-0.39, 0.29) is 5.91 Å². The molecule has 0 saturated carbocycles. The molecule has 3 aromatic rings. The molecule has 1 heterocycles. The maximum atomic E-state index is 11.9. The molecule has 0 aromatic heterocycles. The van der Waals surface area contributed by atoms with Crippen molar-refractivity contribution in [1.29, 1.82) is 0 Å². The zero-order valence-corrected chi connectivity index (χ0v) is 21.2. The van der Waals surface area contributed by atoms with Gasteiger partial charge in [0.1, 0.15) is 23.8 Å². The van der Waals surface area contributed by atoms with Gasteiger partial charge >= 0.3 is 0 Å². The van der Waals surface area contributed by atoms with Gasteiger partial charge in [-0.05, 0) is 53.1 Å². The van der Waals surface area contributed by atoms with Gasteiger partial charge in [0, 0.05) is 5.56 Å². The molecular weight excluding hydrogens is 498 g/mol. The van der Waals surface area contributed by atoms with Crippen molar-refractivity contribution in [2.45, 2.75) is 13.2 Å². The van der Waals surface area contributed by atoms with Crippen molar-refractivity contribution in [3.63, 3.8) is 0 Å². The second-order valence-electron chi connectivity index (χ2n) is 7.64. The third-order valence-electron chi connectivity index (χ3n) is 5.34. The molecule has 1 amide bonds. The van der Waals surface area contributed by atoms with Gasteiger partial charge in [-0.25, -0.2) is 0 Å². The summed E-state index contributed by atoms with van der Waals surface area (Å²) < 4.78 is 23.4. The Morgan fingerprint density at radius 2 is 1.39 bits per heavy atom. The number of amides is 1. The topological polar surface area (TPSA) is 83.1 Å². The number of aldehydes is 1. The number of benzene rings is 3. The first-order chi connectivity index (χ1) is 17.5. The first-order valence-electron chi connectivity index (χ1n) is 10.9. The lowest BCUT2D eigenvalue weighted by molar-refractivity contribution is -0.115. The number of ether oxygens (including phenoxy) is 4. The quantitative estimate of drug-likeness (QED) is 0.223. The summed E-state index contributed by atoms with van der Waals surface area (Å²) in [4.78, 5) is 23.5. The van der Waals surface area contributed by atoms with Crippen LogP contribution < -0.4 is 24.3 Å². The average Bonchev–Trinajstić information content (AvgIpc) is 3.22. The van der Waals surface area contributed by atoms with Gasteiger partial charge < -0.3 is 24.3 Å². The van der Waals surface area contributed by atoms with Crippen LogP contribution in [-0.2, 0) is 18.0 Å². The second kappa shape index (κ2) is 11.7. The monoisotopic (exact) mass is 521 g/mol. The molecular formula is C27H23NO6S2. The number of thiocarbonyl (C=S) groups is 1. The lowest BCUT2D eigenvalue weighted by Crippen LogP contribution is -2.17. The van der Waals surface area contributed by atoms with E-state index < -0.39 is 0 Å². The molecule has 1 aliphatic rings. The van der Waals surface area contributed by atoms with Crippen molar-refractivity contribution in [2.75, 3.05) is 14.2 Å². The Labute approximate surface area is 218 Å². The molecule has 1 N–H and O–H groups in total. The van der Waals surface area contributed by atoms with Crippen LogP contribution in [0.5, 0.6) is 23.0 Å². The highest BCUT2D eigenvalue weighted by atomic mass is 32.2. The lowest BCUT2D eigenvalue weighted by atomic mass is 10.1. The molecule has 1 aliphatic heterocycles. The average molecular weight is 522 g/mol. The summed E-state index contributed by atoms with van der Waals surface area (Å²) in [6.45, 7) is 0.589. The van der Waals surface area contributed by atoms with Gasteiger partial charge in [0.2, 0.25) is 0 Å². The van der Waals surface area contributed by atoms with Crippen molar-refractivity contribution in [3.8, 4) is 23.0 Å². The molecule has 1 saturated heterocycles. The van der Waals surface area contributed by atoms with Crippen LogP contribution in [0.25, 0.3) is 6.08 Å². The fourth-order valence-electron chi connectivity index (χ4n) is 3.49. The van der Waals surface area contributed by atoms with E-state index in [1.807, 2.05) is 36.4 Å². The Balaban J connectivity index is 1.46. The zero-order chi connectivity index (χ0) is 25.5. The second-order valence-corrected chi connectivity index (χ2v) is 9.36. The van der Waals surface area contributed by atoms with Crippen LogP contribution in [0.15, 0.2) is 65.6 Å². The summed E-state index contributed by atoms with van der Waals surface area (Å²) in [5, 5.41) is 2.60. The number of nitrogens with one attached hydrogen (secondary N) is 1. The molecule has 1 fully saturated rings. The number of hydrogen-bond donors (Lipinski definition) is 1. The normalized spacial score (nSPS) is 13.9. The number of carbonyl (C=O) groups is 2. The predicted molar refractivity (Wildman–Crippen MR) is 143 cm³/mol. The van der Waals surface area contributed by atoms with Crippen LogP contribution in [0.2, 0.25) is 0 Å². The van der Waals surface area contributed by atoms with Crippen molar-refractivity contribution in [3.05, 3.63) is 87.8 Å². The van der Waals surface area contributed by atoms with Crippen LogP contribution in [0, 0.1) is 0 Å². The number of methoxy groups -OCH3 is 2. The summed E-state index contributed by atoms with van der Waals surface area (Å²) in [7, 11) is 3.10. The summed E-state index contributed by atoms with van der Waals surface area (Å²) >= 11 is 6.26. The summed E-state index contributed by atoms with van der Waals surface area (Å²) in [5.41, 5.74) is 3.20. The van der Waals surface area contributed by atoms with E-state index in [1.54, 1.807) is 37.5 Å². The van der Waals surface area contributed by atoms with Crippen LogP contribution in [0.1, 0.15) is 27.0 Å². The van der Waals surface area contributed by atoms with E-state index in [1.165, 1.54) is 18.9 Å². The predicted octanol–water partition coefficient (Wildman–Crippen LogP) is 5.16. The first kappa shape index (κ1) is 25.3. The van der Waals surface area contributed by atoms with Gasteiger partial charge in [-0.3, -0.25) is 9.59 Å². The number of carbonyl (C=O) groups excluding carboxylic acids is 2. The van der Waals surface area contributed by atoms with E-state index >= 15 is 0 Å². The fraction of sp³-hybridized carbons (Fsp3) is 0.148. The standard InChI is InChI=1S/C27H23NO6S2/c1-31-23-11-17(13-25-26(30)28-27(35)36-25)7-9-21(23)33-15-19-5-3-4-6-20(19)16-34-22-10-8-18(14-29)12-24(22)32-2/h3-14H,15-16H2,1-2H3,(H,28,30,35). The van der Waals surface area contributed by atoms with Gasteiger partial charge in [-0.15, -0.1) is 0 Å². The van der Waals surface area contributed by atoms with Crippen LogP contribution >= 0.6 is 24.0 Å². The SMILES string of the molecule is COc1cc(C=O)ccc1OCc1ccccc1COc1ccc(C=C2SC(=S)NC2=O)cc1OC. The highest BCUT2D eigenvalue weighted by Crippen LogP contribution is 2.33. The van der Waals surface area contributed by atoms with Crippen LogP contribution in [0.3, 0.4) is 0 Å². The molecule has 9 heteroatoms. The Hall–Kier alpha value is -3.82. The minimum Gasteiger partial charge on any atom is -0.493 e. The summed E-state index contributed by atoms with van der Waals surface area (Å²) in [6, 6.07) is 18.3. The number of hydrogen-bond acceptors (Lipinski definition) is 8. The van der Waals surface area contributed by atoms with Crippen molar-refractivity contribution in [2.24, 2.45) is 0 Å². The fourth-order valence-corrected chi connectivity index (χ4v) is 4.54. The third kappa shape index (κ3) is 6.05. The van der Waals surface area contributed by atoms with Crippen LogP contribution in [-0.4, -0.2) is 30.7 Å². The largest absolute Gasteiger partial charge is 0.493 e. The molecule has 0 spiro atoms. The smallest absolute Gasteiger partial charge is 0.263 e. The Kier molecular flexibility index (Phi) is 8.24. The van der Waals surface area contributed by atoms with E-state index in [0.29, 0.717) is 51.0 Å². The summed E-state index contributed by atoms with van der Waals surface area (Å²) in [5.74, 6) is 1.94. The molecule has 0 radical (unpaired) electrons. The molecule has 0 aliphatic carbocycles. The lowest BCUT2D eigenvalue weighted by Gasteiger charge is -2.15. The molecule has 0 atom stereocenters. The molecule has 7 nitrogen and oxygen atoms in total. The molecule has 36 heavy (non-hydrogen) atoms. The molecule has 0 bridgehead atoms. The van der Waals surface area contributed by atoms with Crippen molar-refractivity contribution < 1.29 is 28.5 Å². The highest BCUT2D eigenvalue weighted by Gasteiger charge is 2.22. The zero-order valence-electron chi connectivity index (χ0n) is 19.6. The van der Waals surface area contributed by atoms with E-state index in [9.17, 15) is 9.59 Å². The Morgan fingerprint density at radius 1 is 0.833 bits per heavy atom. The van der Waals surface area contributed by atoms with Crippen LogP contribution in [0.4, 0.5) is 0 Å². The van der Waals surface area contributed by atoms with Gasteiger partial charge in [0.05, 0.1) is 19.1 Å². The molecule has 0 unspecified atom stereocenters. The molecule has 3 aromatic carbocycles. The summed E-state index contributed by atoms with van der Waals surface area (Å²) in [6.07, 6.45) is 2.52. The Morgan fingerprint density at radius 3 is 1.89 bits per heavy atom. The van der Waals surface area contributed by atoms with Gasteiger partial charge in [-0.2, -0.15) is 0 Å². The van der Waals surface area contributed by atoms with E-state index in [4.69, 9.17) is 31.2 Å². The maximum Gasteiger partial charge on any atom is 0.263 e. The number of thioether (sulfide) groups is 1. The third-order valence-corrected chi connectivity index (χ3v) is 6.50. The van der Waals surface area contributed by atoms with Gasteiger partial charge in [0.25, 0.3) is 5.91 Å². The van der Waals surface area contributed by atoms with Crippen molar-refractivity contribution >= 4 is 46.6 Å². The maximum absolute atomic E-state index is 11.9. The van der Waals surface area contributed by atoms with Gasteiger partial charge in [-0.1, -0.05) is 54.3 Å². The Bertz CT molecular complexity index is 1340. The molecule has 184 valence electrons. The first-order valence-corrected chi connectivity index (χ1v) is 12.1. The minimum absolute atomic E-state index is 0.208. The minimum atomic E-state index is -0.208. The van der Waals surface area contributed by atoms with Crippen molar-refractivity contribution in [1.82, 2.24) is 5.32 Å². The number of rotatable bonds is 10.